The molecule has 0 radical (unpaired) electrons. The summed E-state index contributed by atoms with van der Waals surface area (Å²) in [5, 5.41) is 0. The normalized spacial score (nSPS) is 14.6. The number of aromatic nitrogens is 3. The van der Waals surface area contributed by atoms with Crippen LogP contribution in [0.25, 0.3) is 0 Å². The molecule has 9 heteroatoms. The van der Waals surface area contributed by atoms with Crippen LogP contribution in [-0.4, -0.2) is 50.6 Å². The Bertz CT molecular complexity index is 923. The molecule has 27 heavy (non-hydrogen) atoms. The summed E-state index contributed by atoms with van der Waals surface area (Å²) in [6.45, 7) is 5.67. The number of anilines is 2. The monoisotopic (exact) mass is 390 g/mol. The molecular weight excluding hydrogens is 364 g/mol. The van der Waals surface area contributed by atoms with Crippen molar-refractivity contribution in [2.75, 3.05) is 37.0 Å². The Hall–Kier alpha value is -2.26. The lowest BCUT2D eigenvalue weighted by Gasteiger charge is -2.19. The van der Waals surface area contributed by atoms with E-state index in [9.17, 15) is 8.42 Å². The van der Waals surface area contributed by atoms with Crippen LogP contribution in [0.5, 0.6) is 0 Å². The van der Waals surface area contributed by atoms with Gasteiger partial charge in [0.05, 0.1) is 11.4 Å². The van der Waals surface area contributed by atoms with Crippen molar-refractivity contribution in [2.24, 2.45) is 0 Å². The largest absolute Gasteiger partial charge is 0.347 e. The van der Waals surface area contributed by atoms with Crippen LogP contribution < -0.4 is 14.5 Å². The maximum absolute atomic E-state index is 12.6. The molecule has 146 valence electrons. The first-order valence-electron chi connectivity index (χ1n) is 9.00. The van der Waals surface area contributed by atoms with Crippen LogP contribution in [0.2, 0.25) is 0 Å². The third-order valence-corrected chi connectivity index (χ3v) is 6.05. The van der Waals surface area contributed by atoms with Crippen molar-refractivity contribution >= 4 is 21.9 Å². The van der Waals surface area contributed by atoms with Gasteiger partial charge in [-0.2, -0.15) is 15.0 Å². The van der Waals surface area contributed by atoms with Crippen LogP contribution >= 0.6 is 0 Å². The zero-order valence-corrected chi connectivity index (χ0v) is 17.0. The van der Waals surface area contributed by atoms with E-state index in [-0.39, 0.29) is 11.4 Å². The summed E-state index contributed by atoms with van der Waals surface area (Å²) in [4.78, 5) is 17.5. The first-order chi connectivity index (χ1) is 12.8. The average molecular weight is 391 g/mol. The SMILES string of the molecule is Cc1ccc(S(=O)(=O)NCc2nc(N(C)C)nc(N3CCCC3)n2)cc1C. The minimum absolute atomic E-state index is 0.0134. The Morgan fingerprint density at radius 1 is 1.07 bits per heavy atom. The predicted octanol–water partition coefficient (Wildman–Crippen LogP) is 1.63. The van der Waals surface area contributed by atoms with Gasteiger partial charge in [0.1, 0.15) is 0 Å². The van der Waals surface area contributed by atoms with Gasteiger partial charge < -0.3 is 9.80 Å². The molecule has 0 bridgehead atoms. The van der Waals surface area contributed by atoms with E-state index in [1.807, 2.05) is 34.0 Å². The maximum atomic E-state index is 12.6. The van der Waals surface area contributed by atoms with Gasteiger partial charge in [-0.1, -0.05) is 6.07 Å². The standard InChI is InChI=1S/C18H26N6O2S/c1-13-7-8-15(11-14(13)2)27(25,26)19-12-16-20-17(23(3)4)22-18(21-16)24-9-5-6-10-24/h7-8,11,19H,5-6,9-10,12H2,1-4H3. The number of benzene rings is 1. The lowest BCUT2D eigenvalue weighted by Crippen LogP contribution is -2.27. The van der Waals surface area contributed by atoms with Crippen molar-refractivity contribution in [3.63, 3.8) is 0 Å². The van der Waals surface area contributed by atoms with Crippen LogP contribution in [0.1, 0.15) is 29.8 Å². The van der Waals surface area contributed by atoms with E-state index in [1.165, 1.54) is 0 Å². The smallest absolute Gasteiger partial charge is 0.240 e. The van der Waals surface area contributed by atoms with Gasteiger partial charge in [0.25, 0.3) is 0 Å². The number of nitrogens with one attached hydrogen (secondary N) is 1. The van der Waals surface area contributed by atoms with Crippen molar-refractivity contribution < 1.29 is 8.42 Å². The molecule has 1 aromatic carbocycles. The van der Waals surface area contributed by atoms with Gasteiger partial charge in [0, 0.05) is 27.2 Å². The highest BCUT2D eigenvalue weighted by molar-refractivity contribution is 7.89. The quantitative estimate of drug-likeness (QED) is 0.801. The predicted molar refractivity (Wildman–Crippen MR) is 106 cm³/mol. The molecule has 0 saturated carbocycles. The number of rotatable bonds is 6. The minimum Gasteiger partial charge on any atom is -0.347 e. The molecule has 2 heterocycles. The molecule has 1 aliphatic rings. The summed E-state index contributed by atoms with van der Waals surface area (Å²) in [7, 11) is 0.0663. The van der Waals surface area contributed by atoms with Gasteiger partial charge in [-0.05, 0) is 49.9 Å². The first-order valence-corrected chi connectivity index (χ1v) is 10.5. The number of sulfonamides is 1. The third kappa shape index (κ3) is 4.54. The fraction of sp³-hybridized carbons (Fsp3) is 0.500. The van der Waals surface area contributed by atoms with E-state index in [0.29, 0.717) is 17.7 Å². The van der Waals surface area contributed by atoms with Gasteiger partial charge in [0.15, 0.2) is 5.82 Å². The molecule has 8 nitrogen and oxygen atoms in total. The molecule has 1 aromatic heterocycles. The summed E-state index contributed by atoms with van der Waals surface area (Å²) < 4.78 is 27.9. The Morgan fingerprint density at radius 3 is 2.41 bits per heavy atom. The fourth-order valence-electron chi connectivity index (χ4n) is 2.86. The van der Waals surface area contributed by atoms with Crippen LogP contribution in [-0.2, 0) is 16.6 Å². The van der Waals surface area contributed by atoms with E-state index < -0.39 is 10.0 Å². The molecule has 1 aliphatic heterocycles. The molecule has 0 amide bonds. The first kappa shape index (κ1) is 19.5. The second-order valence-electron chi connectivity index (χ2n) is 7.01. The van der Waals surface area contributed by atoms with Crippen LogP contribution in [0.15, 0.2) is 23.1 Å². The van der Waals surface area contributed by atoms with Crippen molar-refractivity contribution in [3.8, 4) is 0 Å². The average Bonchev–Trinajstić information content (AvgIpc) is 3.17. The number of hydrogen-bond donors (Lipinski definition) is 1. The van der Waals surface area contributed by atoms with E-state index in [4.69, 9.17) is 0 Å². The Balaban J connectivity index is 1.82. The third-order valence-electron chi connectivity index (χ3n) is 4.66. The minimum atomic E-state index is -3.64. The molecular formula is C18H26N6O2S. The summed E-state index contributed by atoms with van der Waals surface area (Å²) >= 11 is 0. The number of hydrogen-bond acceptors (Lipinski definition) is 7. The van der Waals surface area contributed by atoms with Crippen molar-refractivity contribution in [1.29, 1.82) is 0 Å². The van der Waals surface area contributed by atoms with Gasteiger partial charge in [-0.25, -0.2) is 13.1 Å². The molecule has 0 unspecified atom stereocenters. The summed E-state index contributed by atoms with van der Waals surface area (Å²) in [5.41, 5.74) is 1.99. The van der Waals surface area contributed by atoms with Crippen LogP contribution in [0.3, 0.4) is 0 Å². The molecule has 3 rings (SSSR count). The molecule has 2 aromatic rings. The highest BCUT2D eigenvalue weighted by Gasteiger charge is 2.20. The summed E-state index contributed by atoms with van der Waals surface area (Å²) in [6, 6.07) is 5.09. The Kier molecular flexibility index (Phi) is 5.61. The molecule has 0 spiro atoms. The van der Waals surface area contributed by atoms with Gasteiger partial charge >= 0.3 is 0 Å². The lowest BCUT2D eigenvalue weighted by molar-refractivity contribution is 0.578. The fourth-order valence-corrected chi connectivity index (χ4v) is 3.92. The van der Waals surface area contributed by atoms with Crippen molar-refractivity contribution in [2.45, 2.75) is 38.1 Å². The van der Waals surface area contributed by atoms with Gasteiger partial charge in [0.2, 0.25) is 21.9 Å². The van der Waals surface area contributed by atoms with Crippen molar-refractivity contribution in [3.05, 3.63) is 35.2 Å². The van der Waals surface area contributed by atoms with Crippen LogP contribution in [0, 0.1) is 13.8 Å². The van der Waals surface area contributed by atoms with E-state index in [0.717, 1.165) is 37.1 Å². The van der Waals surface area contributed by atoms with E-state index in [1.54, 1.807) is 17.0 Å². The lowest BCUT2D eigenvalue weighted by atomic mass is 10.1. The molecule has 1 fully saturated rings. The Morgan fingerprint density at radius 2 is 1.78 bits per heavy atom. The zero-order valence-electron chi connectivity index (χ0n) is 16.2. The maximum Gasteiger partial charge on any atom is 0.240 e. The highest BCUT2D eigenvalue weighted by atomic mass is 32.2. The second-order valence-corrected chi connectivity index (χ2v) is 8.78. The Labute approximate surface area is 160 Å². The van der Waals surface area contributed by atoms with E-state index in [2.05, 4.69) is 24.6 Å². The van der Waals surface area contributed by atoms with Crippen LogP contribution in [0.4, 0.5) is 11.9 Å². The zero-order chi connectivity index (χ0) is 19.6. The topological polar surface area (TPSA) is 91.3 Å². The van der Waals surface area contributed by atoms with Gasteiger partial charge in [-0.15, -0.1) is 0 Å². The summed E-state index contributed by atoms with van der Waals surface area (Å²) in [5.74, 6) is 1.53. The number of nitrogens with zero attached hydrogens (tertiary/aromatic N) is 5. The molecule has 0 aliphatic carbocycles. The highest BCUT2D eigenvalue weighted by Crippen LogP contribution is 2.19. The van der Waals surface area contributed by atoms with E-state index >= 15 is 0 Å². The van der Waals surface area contributed by atoms with Gasteiger partial charge in [-0.3, -0.25) is 0 Å². The molecule has 0 atom stereocenters. The second kappa shape index (κ2) is 7.77. The molecule has 1 N–H and O–H groups in total. The number of aryl methyl sites for hydroxylation is 2. The van der Waals surface area contributed by atoms with Crippen molar-refractivity contribution in [1.82, 2.24) is 19.7 Å². The molecule has 1 saturated heterocycles. The summed E-state index contributed by atoms with van der Waals surface area (Å²) in [6.07, 6.45) is 2.22.